The maximum absolute atomic E-state index is 11.2. The molecule has 4 heteroatoms. The zero-order chi connectivity index (χ0) is 20.6. The van der Waals surface area contributed by atoms with Gasteiger partial charge in [0.15, 0.2) is 0 Å². The molecule has 0 aromatic heterocycles. The minimum absolute atomic E-state index is 0.0349. The van der Waals surface area contributed by atoms with Crippen LogP contribution in [0.3, 0.4) is 0 Å². The van der Waals surface area contributed by atoms with Crippen LogP contribution in [-0.4, -0.2) is 19.2 Å². The van der Waals surface area contributed by atoms with Gasteiger partial charge in [-0.2, -0.15) is 0 Å². The fourth-order valence-electron chi connectivity index (χ4n) is 3.32. The molecule has 0 fully saturated rings. The summed E-state index contributed by atoms with van der Waals surface area (Å²) >= 11 is 0. The number of rotatable bonds is 8. The Kier molecular flexibility index (Phi) is 6.90. The maximum atomic E-state index is 11.2. The molecule has 29 heavy (non-hydrogen) atoms. The highest BCUT2D eigenvalue weighted by Gasteiger charge is 2.17. The van der Waals surface area contributed by atoms with Gasteiger partial charge in [0.25, 0.3) is 0 Å². The van der Waals surface area contributed by atoms with Gasteiger partial charge in [-0.25, -0.2) is 0 Å². The lowest BCUT2D eigenvalue weighted by molar-refractivity contribution is -0.131. The number of esters is 1. The largest absolute Gasteiger partial charge is 0.494 e. The van der Waals surface area contributed by atoms with Crippen LogP contribution in [0.2, 0.25) is 0 Å². The Morgan fingerprint density at radius 2 is 1.00 bits per heavy atom. The molecule has 0 amide bonds. The van der Waals surface area contributed by atoms with Crippen LogP contribution in [0.1, 0.15) is 43.4 Å². The molecule has 4 nitrogen and oxygen atoms in total. The summed E-state index contributed by atoms with van der Waals surface area (Å²) in [6.07, 6.45) is 0. The third-order valence-corrected chi connectivity index (χ3v) is 4.52. The molecule has 3 rings (SSSR count). The van der Waals surface area contributed by atoms with Crippen LogP contribution in [0.15, 0.2) is 72.8 Å². The SMILES string of the molecule is CCOc1ccc(C(c2ccc(OCC)cc2)c2ccc(OC(C)=O)cc2)cc1. The van der Waals surface area contributed by atoms with Crippen molar-refractivity contribution in [3.05, 3.63) is 89.5 Å². The predicted octanol–water partition coefficient (Wildman–Crippen LogP) is 5.59. The van der Waals surface area contributed by atoms with E-state index < -0.39 is 0 Å². The van der Waals surface area contributed by atoms with E-state index in [1.54, 1.807) is 0 Å². The Morgan fingerprint density at radius 1 is 0.655 bits per heavy atom. The summed E-state index contributed by atoms with van der Waals surface area (Å²) in [6.45, 7) is 6.62. The van der Waals surface area contributed by atoms with Gasteiger partial charge in [-0.15, -0.1) is 0 Å². The van der Waals surface area contributed by atoms with Gasteiger partial charge in [0.2, 0.25) is 0 Å². The van der Waals surface area contributed by atoms with Crippen LogP contribution in [0.4, 0.5) is 0 Å². The van der Waals surface area contributed by atoms with Crippen molar-refractivity contribution >= 4 is 5.97 Å². The van der Waals surface area contributed by atoms with Crippen molar-refractivity contribution in [3.63, 3.8) is 0 Å². The molecule has 0 unspecified atom stereocenters. The van der Waals surface area contributed by atoms with E-state index in [2.05, 4.69) is 24.3 Å². The van der Waals surface area contributed by atoms with Crippen LogP contribution in [0, 0.1) is 0 Å². The Bertz CT molecular complexity index is 863. The van der Waals surface area contributed by atoms with Gasteiger partial charge in [-0.05, 0) is 66.9 Å². The van der Waals surface area contributed by atoms with Crippen LogP contribution < -0.4 is 14.2 Å². The van der Waals surface area contributed by atoms with E-state index in [4.69, 9.17) is 14.2 Å². The molecule has 0 aliphatic rings. The monoisotopic (exact) mass is 390 g/mol. The first-order chi connectivity index (χ1) is 14.1. The lowest BCUT2D eigenvalue weighted by atomic mass is 9.85. The van der Waals surface area contributed by atoms with Gasteiger partial charge in [0.05, 0.1) is 13.2 Å². The molecule has 0 aliphatic heterocycles. The summed E-state index contributed by atoms with van der Waals surface area (Å²) in [7, 11) is 0. The molecule has 0 atom stereocenters. The summed E-state index contributed by atoms with van der Waals surface area (Å²) in [5, 5.41) is 0. The van der Waals surface area contributed by atoms with Crippen molar-refractivity contribution in [2.75, 3.05) is 13.2 Å². The van der Waals surface area contributed by atoms with Crippen molar-refractivity contribution < 1.29 is 19.0 Å². The van der Waals surface area contributed by atoms with E-state index in [-0.39, 0.29) is 11.9 Å². The molecule has 3 aromatic rings. The van der Waals surface area contributed by atoms with Crippen LogP contribution in [0.5, 0.6) is 17.2 Å². The summed E-state index contributed by atoms with van der Waals surface area (Å²) in [6, 6.07) is 24.0. The van der Waals surface area contributed by atoms with Gasteiger partial charge in [-0.3, -0.25) is 4.79 Å². The van der Waals surface area contributed by atoms with E-state index in [1.165, 1.54) is 6.92 Å². The molecule has 0 spiro atoms. The molecular weight excluding hydrogens is 364 g/mol. The highest BCUT2D eigenvalue weighted by Crippen LogP contribution is 2.34. The number of carbonyl (C=O) groups is 1. The quantitative estimate of drug-likeness (QED) is 0.286. The Hall–Kier alpha value is -3.27. The minimum atomic E-state index is -0.327. The number of ether oxygens (including phenoxy) is 3. The minimum Gasteiger partial charge on any atom is -0.494 e. The average Bonchev–Trinajstić information content (AvgIpc) is 2.72. The summed E-state index contributed by atoms with van der Waals surface area (Å²) in [5.74, 6) is 1.96. The zero-order valence-electron chi connectivity index (χ0n) is 17.1. The molecule has 0 bridgehead atoms. The fraction of sp³-hybridized carbons (Fsp3) is 0.240. The Morgan fingerprint density at radius 3 is 1.31 bits per heavy atom. The highest BCUT2D eigenvalue weighted by atomic mass is 16.5. The second-order valence-corrected chi connectivity index (χ2v) is 6.60. The molecule has 3 aromatic carbocycles. The zero-order valence-corrected chi connectivity index (χ0v) is 17.1. The molecule has 0 aliphatic carbocycles. The first-order valence-electron chi connectivity index (χ1n) is 9.84. The summed E-state index contributed by atoms with van der Waals surface area (Å²) in [4.78, 5) is 11.2. The molecule has 150 valence electrons. The van der Waals surface area contributed by atoms with E-state index in [0.717, 1.165) is 28.2 Å². The first kappa shape index (κ1) is 20.5. The lowest BCUT2D eigenvalue weighted by Gasteiger charge is -2.20. The summed E-state index contributed by atoms with van der Waals surface area (Å²) in [5.41, 5.74) is 3.41. The van der Waals surface area contributed by atoms with Crippen LogP contribution in [0.25, 0.3) is 0 Å². The van der Waals surface area contributed by atoms with E-state index in [1.807, 2.05) is 62.4 Å². The third-order valence-electron chi connectivity index (χ3n) is 4.52. The maximum Gasteiger partial charge on any atom is 0.308 e. The number of hydrogen-bond acceptors (Lipinski definition) is 4. The molecule has 0 saturated heterocycles. The normalized spacial score (nSPS) is 10.6. The van der Waals surface area contributed by atoms with Crippen molar-refractivity contribution in [3.8, 4) is 17.2 Å². The van der Waals surface area contributed by atoms with Crippen molar-refractivity contribution in [1.82, 2.24) is 0 Å². The smallest absolute Gasteiger partial charge is 0.308 e. The predicted molar refractivity (Wildman–Crippen MR) is 114 cm³/mol. The highest BCUT2D eigenvalue weighted by molar-refractivity contribution is 5.69. The van der Waals surface area contributed by atoms with Gasteiger partial charge < -0.3 is 14.2 Å². The molecule has 0 N–H and O–H groups in total. The van der Waals surface area contributed by atoms with Gasteiger partial charge in [0.1, 0.15) is 17.2 Å². The first-order valence-corrected chi connectivity index (χ1v) is 9.84. The number of hydrogen-bond donors (Lipinski definition) is 0. The Labute approximate surface area is 172 Å². The molecular formula is C25H26O4. The van der Waals surface area contributed by atoms with E-state index in [0.29, 0.717) is 19.0 Å². The Balaban J connectivity index is 1.97. The standard InChI is InChI=1S/C25H26O4/c1-4-27-22-12-6-19(7-13-22)25(20-8-14-23(15-9-20)28-5-2)21-10-16-24(17-11-21)29-18(3)26/h6-17,25H,4-5H2,1-3H3. The summed E-state index contributed by atoms with van der Waals surface area (Å²) < 4.78 is 16.3. The van der Waals surface area contributed by atoms with Crippen molar-refractivity contribution in [2.45, 2.75) is 26.7 Å². The van der Waals surface area contributed by atoms with Gasteiger partial charge in [-0.1, -0.05) is 36.4 Å². The van der Waals surface area contributed by atoms with Gasteiger partial charge >= 0.3 is 5.97 Å². The molecule has 0 heterocycles. The van der Waals surface area contributed by atoms with Crippen molar-refractivity contribution in [2.24, 2.45) is 0 Å². The number of carbonyl (C=O) groups excluding carboxylic acids is 1. The topological polar surface area (TPSA) is 44.8 Å². The second-order valence-electron chi connectivity index (χ2n) is 6.60. The molecule has 0 radical (unpaired) electrons. The van der Waals surface area contributed by atoms with Crippen LogP contribution >= 0.6 is 0 Å². The fourth-order valence-corrected chi connectivity index (χ4v) is 3.32. The van der Waals surface area contributed by atoms with Crippen LogP contribution in [-0.2, 0) is 4.79 Å². The third kappa shape index (κ3) is 5.38. The van der Waals surface area contributed by atoms with Crippen molar-refractivity contribution in [1.29, 1.82) is 0 Å². The van der Waals surface area contributed by atoms with E-state index >= 15 is 0 Å². The van der Waals surface area contributed by atoms with Gasteiger partial charge in [0, 0.05) is 12.8 Å². The van der Waals surface area contributed by atoms with E-state index in [9.17, 15) is 4.79 Å². The lowest BCUT2D eigenvalue weighted by Crippen LogP contribution is -2.05. The second kappa shape index (κ2) is 9.78. The average molecular weight is 390 g/mol. The number of benzene rings is 3. The molecule has 0 saturated carbocycles.